The Bertz CT molecular complexity index is 725. The fraction of sp³-hybridized carbons (Fsp3) is 0.840. The van der Waals surface area contributed by atoms with E-state index in [4.69, 9.17) is 9.47 Å². The van der Waals surface area contributed by atoms with Crippen LogP contribution in [0.5, 0.6) is 0 Å². The van der Waals surface area contributed by atoms with E-state index in [2.05, 4.69) is 20.8 Å². The number of aliphatic carboxylic acids is 1. The normalized spacial score (nSPS) is 43.1. The van der Waals surface area contributed by atoms with E-state index >= 15 is 0 Å². The second-order valence-electron chi connectivity index (χ2n) is 11.5. The van der Waals surface area contributed by atoms with Crippen LogP contribution in [-0.4, -0.2) is 34.9 Å². The van der Waals surface area contributed by atoms with Crippen LogP contribution in [0.25, 0.3) is 0 Å². The fourth-order valence-corrected chi connectivity index (χ4v) is 7.37. The second-order valence-corrected chi connectivity index (χ2v) is 11.5. The monoisotopic (exact) mass is 420 g/mol. The first-order valence-corrected chi connectivity index (χ1v) is 11.6. The molecule has 0 spiro atoms. The largest absolute Gasteiger partial charge is 0.481 e. The number of esters is 1. The van der Waals surface area contributed by atoms with Gasteiger partial charge in [-0.25, -0.2) is 4.79 Å². The van der Waals surface area contributed by atoms with Crippen molar-refractivity contribution in [1.82, 2.24) is 0 Å². The number of hydrogen-bond donors (Lipinski definition) is 1. The zero-order chi connectivity index (χ0) is 22.4. The zero-order valence-corrected chi connectivity index (χ0v) is 19.7. The summed E-state index contributed by atoms with van der Waals surface area (Å²) in [5.41, 5.74) is 0.174. The maximum absolute atomic E-state index is 12.2. The van der Waals surface area contributed by atoms with Gasteiger partial charge < -0.3 is 14.6 Å². The van der Waals surface area contributed by atoms with Crippen LogP contribution in [0, 0.1) is 22.7 Å². The number of fused-ring (bicyclic) bond motifs is 3. The number of carboxylic acids is 1. The molecule has 0 amide bonds. The van der Waals surface area contributed by atoms with Gasteiger partial charge in [0, 0.05) is 11.5 Å². The molecule has 3 aliphatic rings. The topological polar surface area (TPSA) is 72.8 Å². The first kappa shape index (κ1) is 23.3. The summed E-state index contributed by atoms with van der Waals surface area (Å²) in [6, 6.07) is 0. The number of ether oxygens (including phenoxy) is 2. The number of rotatable bonds is 5. The molecule has 0 radical (unpaired) electrons. The molecule has 3 fully saturated rings. The number of carbonyl (C=O) groups excluding carboxylic acids is 1. The highest BCUT2D eigenvalue weighted by Crippen LogP contribution is 2.65. The molecule has 2 saturated carbocycles. The van der Waals surface area contributed by atoms with Crippen LogP contribution in [0.1, 0.15) is 92.9 Å². The molecule has 170 valence electrons. The molecule has 2 aliphatic carbocycles. The summed E-state index contributed by atoms with van der Waals surface area (Å²) in [4.78, 5) is 23.5. The van der Waals surface area contributed by atoms with Crippen molar-refractivity contribution in [1.29, 1.82) is 0 Å². The lowest BCUT2D eigenvalue weighted by Gasteiger charge is -2.65. The van der Waals surface area contributed by atoms with Crippen molar-refractivity contribution in [2.75, 3.05) is 6.61 Å². The Morgan fingerprint density at radius 3 is 2.33 bits per heavy atom. The lowest BCUT2D eigenvalue weighted by atomic mass is 9.44. The van der Waals surface area contributed by atoms with Crippen LogP contribution in [-0.2, 0) is 19.1 Å². The predicted molar refractivity (Wildman–Crippen MR) is 116 cm³/mol. The number of carbonyl (C=O) groups is 2. The quantitative estimate of drug-likeness (QED) is 0.468. The average Bonchev–Trinajstić information content (AvgIpc) is 2.57. The summed E-state index contributed by atoms with van der Waals surface area (Å²) in [7, 11) is 0. The van der Waals surface area contributed by atoms with Gasteiger partial charge in [-0.3, -0.25) is 4.79 Å². The van der Waals surface area contributed by atoms with Gasteiger partial charge in [0.2, 0.25) is 0 Å². The van der Waals surface area contributed by atoms with Gasteiger partial charge in [-0.15, -0.1) is 0 Å². The molecule has 1 N–H and O–H groups in total. The maximum Gasteiger partial charge on any atom is 0.330 e. The first-order valence-electron chi connectivity index (χ1n) is 11.6. The van der Waals surface area contributed by atoms with E-state index < -0.39 is 11.6 Å². The molecule has 1 aliphatic heterocycles. The molecule has 0 aromatic heterocycles. The van der Waals surface area contributed by atoms with Crippen molar-refractivity contribution in [2.45, 2.75) is 104 Å². The van der Waals surface area contributed by atoms with Gasteiger partial charge in [-0.2, -0.15) is 0 Å². The Balaban J connectivity index is 1.80. The van der Waals surface area contributed by atoms with Gasteiger partial charge in [-0.1, -0.05) is 25.8 Å². The zero-order valence-electron chi connectivity index (χ0n) is 19.7. The van der Waals surface area contributed by atoms with Crippen molar-refractivity contribution in [3.05, 3.63) is 11.6 Å². The first-order chi connectivity index (χ1) is 13.8. The summed E-state index contributed by atoms with van der Waals surface area (Å²) in [5, 5.41) is 9.35. The van der Waals surface area contributed by atoms with E-state index in [0.717, 1.165) is 50.5 Å². The summed E-state index contributed by atoms with van der Waals surface area (Å²) in [6.45, 7) is 13.2. The van der Waals surface area contributed by atoms with E-state index in [1.54, 1.807) is 6.08 Å². The second kappa shape index (κ2) is 7.96. The molecule has 30 heavy (non-hydrogen) atoms. The van der Waals surface area contributed by atoms with Gasteiger partial charge in [0.1, 0.15) is 0 Å². The molecule has 0 bridgehead atoms. The minimum atomic E-state index is -0.789. The minimum absolute atomic E-state index is 0.0265. The molecular weight excluding hydrogens is 380 g/mol. The summed E-state index contributed by atoms with van der Waals surface area (Å²) in [5.74, 6) is -0.153. The van der Waals surface area contributed by atoms with Crippen LogP contribution >= 0.6 is 0 Å². The molecule has 5 nitrogen and oxygen atoms in total. The van der Waals surface area contributed by atoms with Crippen LogP contribution in [0.4, 0.5) is 0 Å². The van der Waals surface area contributed by atoms with Crippen molar-refractivity contribution in [3.63, 3.8) is 0 Å². The smallest absolute Gasteiger partial charge is 0.330 e. The molecular formula is C25H40O5. The average molecular weight is 421 g/mol. The van der Waals surface area contributed by atoms with Crippen molar-refractivity contribution < 1.29 is 24.2 Å². The summed E-state index contributed by atoms with van der Waals surface area (Å²) in [6.07, 6.45) is 8.76. The Morgan fingerprint density at radius 1 is 1.03 bits per heavy atom. The summed E-state index contributed by atoms with van der Waals surface area (Å²) >= 11 is 0. The Labute approximate surface area is 181 Å². The van der Waals surface area contributed by atoms with Crippen LogP contribution in [0.15, 0.2) is 11.6 Å². The molecule has 6 unspecified atom stereocenters. The number of allylic oxidation sites excluding steroid dienone is 1. The van der Waals surface area contributed by atoms with Gasteiger partial charge in [0.25, 0.3) is 0 Å². The number of hydrogen-bond acceptors (Lipinski definition) is 4. The molecule has 1 heterocycles. The van der Waals surface area contributed by atoms with E-state index in [1.807, 2.05) is 20.8 Å². The third-order valence-corrected chi connectivity index (χ3v) is 8.48. The SMILES string of the molecule is CC(C)=CC(=O)OCC1(C)CCCC2(C)C1CCC1(C)OC(C)(CC(=O)O)CCC12. The van der Waals surface area contributed by atoms with Crippen LogP contribution in [0.3, 0.4) is 0 Å². The molecule has 1 saturated heterocycles. The fourth-order valence-electron chi connectivity index (χ4n) is 7.37. The highest BCUT2D eigenvalue weighted by Gasteiger charge is 2.62. The molecule has 0 aromatic carbocycles. The minimum Gasteiger partial charge on any atom is -0.481 e. The van der Waals surface area contributed by atoms with Crippen molar-refractivity contribution in [3.8, 4) is 0 Å². The van der Waals surface area contributed by atoms with E-state index in [-0.39, 0.29) is 28.8 Å². The highest BCUT2D eigenvalue weighted by atomic mass is 16.5. The van der Waals surface area contributed by atoms with Crippen molar-refractivity contribution >= 4 is 11.9 Å². The van der Waals surface area contributed by atoms with E-state index in [9.17, 15) is 14.7 Å². The Kier molecular flexibility index (Phi) is 6.18. The number of carboxylic acid groups (broad SMARTS) is 1. The van der Waals surface area contributed by atoms with Gasteiger partial charge in [-0.05, 0) is 83.5 Å². The molecule has 6 atom stereocenters. The van der Waals surface area contributed by atoms with Gasteiger partial charge in [0.05, 0.1) is 24.2 Å². The standard InChI is InChI=1S/C25H40O5/c1-17(2)14-21(28)29-16-22(3)10-7-11-24(5)18(22)9-13-25(6)19(24)8-12-23(4,30-25)15-20(26)27/h14,18-19H,7-13,15-16H2,1-6H3,(H,26,27). The van der Waals surface area contributed by atoms with Crippen LogP contribution in [0.2, 0.25) is 0 Å². The molecule has 3 rings (SSSR count). The third kappa shape index (κ3) is 4.32. The Morgan fingerprint density at radius 2 is 1.70 bits per heavy atom. The van der Waals surface area contributed by atoms with Gasteiger partial charge in [0.15, 0.2) is 0 Å². The van der Waals surface area contributed by atoms with Crippen molar-refractivity contribution in [2.24, 2.45) is 22.7 Å². The summed E-state index contributed by atoms with van der Waals surface area (Å²) < 4.78 is 12.3. The Hall–Kier alpha value is -1.36. The van der Waals surface area contributed by atoms with Crippen LogP contribution < -0.4 is 0 Å². The van der Waals surface area contributed by atoms with Gasteiger partial charge >= 0.3 is 11.9 Å². The van der Waals surface area contributed by atoms with E-state index in [0.29, 0.717) is 18.4 Å². The maximum atomic E-state index is 12.2. The molecule has 5 heteroatoms. The lowest BCUT2D eigenvalue weighted by Crippen LogP contribution is -2.63. The lowest BCUT2D eigenvalue weighted by molar-refractivity contribution is -0.269. The third-order valence-electron chi connectivity index (χ3n) is 8.48. The highest BCUT2D eigenvalue weighted by molar-refractivity contribution is 5.82. The van der Waals surface area contributed by atoms with E-state index in [1.165, 1.54) is 0 Å². The molecule has 0 aromatic rings. The predicted octanol–water partition coefficient (Wildman–Crippen LogP) is 5.52.